The monoisotopic (exact) mass is 408 g/mol. The van der Waals surface area contributed by atoms with Crippen LogP contribution in [-0.4, -0.2) is 25.8 Å². The molecular formula is C20H14F2N6O2. The van der Waals surface area contributed by atoms with Gasteiger partial charge in [-0.2, -0.15) is 5.10 Å². The van der Waals surface area contributed by atoms with E-state index in [1.165, 1.54) is 12.4 Å². The number of rotatable bonds is 5. The first kappa shape index (κ1) is 19.0. The number of urea groups is 1. The van der Waals surface area contributed by atoms with Crippen LogP contribution in [0.3, 0.4) is 0 Å². The molecule has 2 aromatic carbocycles. The van der Waals surface area contributed by atoms with E-state index in [0.717, 1.165) is 12.1 Å². The van der Waals surface area contributed by atoms with Crippen molar-refractivity contribution >= 4 is 17.4 Å². The standard InChI is InChI=1S/C20H14F2N6O2/c21-16-7-4-14(10-17(16)22)27-20(29)26-13-2-5-15(6-3-13)30-19-11-18(23-12-24-19)28-9-1-8-25-28/h1-12H,(H2,26,27,29). The van der Waals surface area contributed by atoms with Gasteiger partial charge in [0.25, 0.3) is 0 Å². The van der Waals surface area contributed by atoms with E-state index >= 15 is 0 Å². The fourth-order valence-corrected chi connectivity index (χ4v) is 2.51. The summed E-state index contributed by atoms with van der Waals surface area (Å²) in [4.78, 5) is 20.2. The smallest absolute Gasteiger partial charge is 0.323 e. The maximum absolute atomic E-state index is 13.2. The van der Waals surface area contributed by atoms with Crippen LogP contribution < -0.4 is 15.4 Å². The number of halogens is 2. The van der Waals surface area contributed by atoms with E-state index in [-0.39, 0.29) is 5.69 Å². The average Bonchev–Trinajstić information content (AvgIpc) is 3.27. The molecule has 30 heavy (non-hydrogen) atoms. The van der Waals surface area contributed by atoms with Gasteiger partial charge in [-0.05, 0) is 42.5 Å². The van der Waals surface area contributed by atoms with Crippen LogP contribution >= 0.6 is 0 Å². The molecule has 4 aromatic rings. The van der Waals surface area contributed by atoms with Gasteiger partial charge in [-0.1, -0.05) is 0 Å². The molecule has 0 bridgehead atoms. The number of carbonyl (C=O) groups excluding carboxylic acids is 1. The van der Waals surface area contributed by atoms with E-state index in [1.54, 1.807) is 53.5 Å². The predicted octanol–water partition coefficient (Wildman–Crippen LogP) is 4.38. The Hall–Kier alpha value is -4.34. The first-order chi connectivity index (χ1) is 14.6. The summed E-state index contributed by atoms with van der Waals surface area (Å²) in [6.07, 6.45) is 4.75. The number of nitrogens with one attached hydrogen (secondary N) is 2. The molecule has 0 saturated heterocycles. The third-order valence-electron chi connectivity index (χ3n) is 3.88. The molecule has 0 aliphatic carbocycles. The number of hydrogen-bond donors (Lipinski definition) is 2. The van der Waals surface area contributed by atoms with Crippen LogP contribution in [0.5, 0.6) is 11.6 Å². The molecule has 0 fully saturated rings. The highest BCUT2D eigenvalue weighted by atomic mass is 19.2. The van der Waals surface area contributed by atoms with Gasteiger partial charge in [-0.15, -0.1) is 0 Å². The zero-order valence-corrected chi connectivity index (χ0v) is 15.3. The first-order valence-corrected chi connectivity index (χ1v) is 8.70. The molecule has 0 unspecified atom stereocenters. The fourth-order valence-electron chi connectivity index (χ4n) is 2.51. The van der Waals surface area contributed by atoms with E-state index in [2.05, 4.69) is 25.7 Å². The van der Waals surface area contributed by atoms with Crippen molar-refractivity contribution in [2.45, 2.75) is 0 Å². The van der Waals surface area contributed by atoms with E-state index in [9.17, 15) is 13.6 Å². The summed E-state index contributed by atoms with van der Waals surface area (Å²) in [7, 11) is 0. The molecule has 0 saturated carbocycles. The maximum Gasteiger partial charge on any atom is 0.323 e. The summed E-state index contributed by atoms with van der Waals surface area (Å²) in [6, 6.07) is 12.4. The number of ether oxygens (including phenoxy) is 1. The summed E-state index contributed by atoms with van der Waals surface area (Å²) < 4.78 is 33.4. The second-order valence-electron chi connectivity index (χ2n) is 6.00. The molecule has 2 aromatic heterocycles. The van der Waals surface area contributed by atoms with Crippen molar-refractivity contribution in [3.8, 4) is 17.4 Å². The van der Waals surface area contributed by atoms with Crippen molar-refractivity contribution in [2.24, 2.45) is 0 Å². The average molecular weight is 408 g/mol. The lowest BCUT2D eigenvalue weighted by atomic mass is 10.3. The van der Waals surface area contributed by atoms with Crippen molar-refractivity contribution in [3.05, 3.63) is 85.0 Å². The molecule has 4 rings (SSSR count). The van der Waals surface area contributed by atoms with Crippen LogP contribution in [0, 0.1) is 11.6 Å². The Morgan fingerprint density at radius 2 is 1.70 bits per heavy atom. The molecular weight excluding hydrogens is 394 g/mol. The third kappa shape index (κ3) is 4.55. The summed E-state index contributed by atoms with van der Waals surface area (Å²) in [5.41, 5.74) is 0.602. The topological polar surface area (TPSA) is 94.0 Å². The molecule has 10 heteroatoms. The normalized spacial score (nSPS) is 10.5. The molecule has 0 aliphatic rings. The minimum Gasteiger partial charge on any atom is -0.439 e. The predicted molar refractivity (Wildman–Crippen MR) is 105 cm³/mol. The Morgan fingerprint density at radius 1 is 0.933 bits per heavy atom. The van der Waals surface area contributed by atoms with Gasteiger partial charge in [-0.25, -0.2) is 28.2 Å². The van der Waals surface area contributed by atoms with Gasteiger partial charge in [-0.3, -0.25) is 0 Å². The van der Waals surface area contributed by atoms with E-state index in [1.807, 2.05) is 0 Å². The largest absolute Gasteiger partial charge is 0.439 e. The zero-order valence-electron chi connectivity index (χ0n) is 15.3. The second-order valence-corrected chi connectivity index (χ2v) is 6.00. The Labute approximate surface area is 169 Å². The molecule has 0 spiro atoms. The number of carbonyl (C=O) groups is 1. The number of amides is 2. The van der Waals surface area contributed by atoms with E-state index < -0.39 is 17.7 Å². The van der Waals surface area contributed by atoms with Crippen LogP contribution in [-0.2, 0) is 0 Å². The zero-order chi connectivity index (χ0) is 20.9. The number of hydrogen-bond acceptors (Lipinski definition) is 5. The highest BCUT2D eigenvalue weighted by molar-refractivity contribution is 5.99. The van der Waals surface area contributed by atoms with Crippen LogP contribution in [0.25, 0.3) is 5.82 Å². The van der Waals surface area contributed by atoms with Crippen LogP contribution in [0.2, 0.25) is 0 Å². The summed E-state index contributed by atoms with van der Waals surface area (Å²) in [5, 5.41) is 9.10. The molecule has 2 N–H and O–H groups in total. The van der Waals surface area contributed by atoms with Gasteiger partial charge >= 0.3 is 6.03 Å². The number of nitrogens with zero attached hydrogens (tertiary/aromatic N) is 4. The minimum atomic E-state index is -1.05. The van der Waals surface area contributed by atoms with Gasteiger partial charge in [0, 0.05) is 35.9 Å². The van der Waals surface area contributed by atoms with Crippen LogP contribution in [0.4, 0.5) is 25.0 Å². The molecule has 0 atom stereocenters. The molecule has 0 aliphatic heterocycles. The highest BCUT2D eigenvalue weighted by Gasteiger charge is 2.08. The highest BCUT2D eigenvalue weighted by Crippen LogP contribution is 2.22. The SMILES string of the molecule is O=C(Nc1ccc(Oc2cc(-n3cccn3)ncn2)cc1)Nc1ccc(F)c(F)c1. The molecule has 0 radical (unpaired) electrons. The van der Waals surface area contributed by atoms with Gasteiger partial charge < -0.3 is 15.4 Å². The summed E-state index contributed by atoms with van der Waals surface area (Å²) in [5.74, 6) is -0.664. The Balaban J connectivity index is 1.37. The number of aromatic nitrogens is 4. The minimum absolute atomic E-state index is 0.128. The lowest BCUT2D eigenvalue weighted by molar-refractivity contribution is 0.262. The van der Waals surface area contributed by atoms with Crippen molar-refractivity contribution in [3.63, 3.8) is 0 Å². The van der Waals surface area contributed by atoms with E-state index in [4.69, 9.17) is 4.74 Å². The Morgan fingerprint density at radius 3 is 2.43 bits per heavy atom. The van der Waals surface area contributed by atoms with Crippen molar-refractivity contribution in [1.29, 1.82) is 0 Å². The van der Waals surface area contributed by atoms with Crippen molar-refractivity contribution in [1.82, 2.24) is 19.7 Å². The van der Waals surface area contributed by atoms with Gasteiger partial charge in [0.05, 0.1) is 0 Å². The second kappa shape index (κ2) is 8.35. The van der Waals surface area contributed by atoms with Gasteiger partial charge in [0.1, 0.15) is 12.1 Å². The lowest BCUT2D eigenvalue weighted by Crippen LogP contribution is -2.19. The first-order valence-electron chi connectivity index (χ1n) is 8.70. The van der Waals surface area contributed by atoms with Crippen molar-refractivity contribution in [2.75, 3.05) is 10.6 Å². The fraction of sp³-hybridized carbons (Fsp3) is 0. The summed E-state index contributed by atoms with van der Waals surface area (Å²) in [6.45, 7) is 0. The van der Waals surface area contributed by atoms with Gasteiger partial charge in [0.15, 0.2) is 17.5 Å². The quantitative estimate of drug-likeness (QED) is 0.511. The molecule has 2 amide bonds. The van der Waals surface area contributed by atoms with Crippen LogP contribution in [0.1, 0.15) is 0 Å². The molecule has 150 valence electrons. The third-order valence-corrected chi connectivity index (χ3v) is 3.88. The van der Waals surface area contributed by atoms with Crippen molar-refractivity contribution < 1.29 is 18.3 Å². The number of benzene rings is 2. The Kier molecular flexibility index (Phi) is 5.29. The number of anilines is 2. The lowest BCUT2D eigenvalue weighted by Gasteiger charge is -2.09. The Bertz CT molecular complexity index is 1170. The van der Waals surface area contributed by atoms with Crippen LogP contribution in [0.15, 0.2) is 73.3 Å². The van der Waals surface area contributed by atoms with Gasteiger partial charge in [0.2, 0.25) is 5.88 Å². The van der Waals surface area contributed by atoms with E-state index in [0.29, 0.717) is 23.1 Å². The molecule has 8 nitrogen and oxygen atoms in total. The maximum atomic E-state index is 13.2. The molecule has 2 heterocycles. The summed E-state index contributed by atoms with van der Waals surface area (Å²) >= 11 is 0.